The summed E-state index contributed by atoms with van der Waals surface area (Å²) >= 11 is 0. The first-order valence-electron chi connectivity index (χ1n) is 11.8. The van der Waals surface area contributed by atoms with E-state index in [9.17, 15) is 9.90 Å². The van der Waals surface area contributed by atoms with Gasteiger partial charge in [0.05, 0.1) is 6.61 Å². The van der Waals surface area contributed by atoms with E-state index in [2.05, 4.69) is 79.4 Å². The Morgan fingerprint density at radius 1 is 0.758 bits per heavy atom. The van der Waals surface area contributed by atoms with Crippen LogP contribution >= 0.6 is 0 Å². The van der Waals surface area contributed by atoms with Gasteiger partial charge in [-0.25, -0.2) is 4.79 Å². The van der Waals surface area contributed by atoms with Gasteiger partial charge in [-0.2, -0.15) is 0 Å². The van der Waals surface area contributed by atoms with E-state index < -0.39 is 0 Å². The maximum Gasteiger partial charge on any atom is 0.333 e. The van der Waals surface area contributed by atoms with E-state index in [1.807, 2.05) is 0 Å². The number of carbonyl (C=O) groups excluding carboxylic acids is 1. The number of rotatable bonds is 8. The van der Waals surface area contributed by atoms with Crippen molar-refractivity contribution in [2.45, 2.75) is 43.4 Å². The zero-order valence-corrected chi connectivity index (χ0v) is 19.1. The first-order valence-corrected chi connectivity index (χ1v) is 11.8. The van der Waals surface area contributed by atoms with Crippen molar-refractivity contribution in [1.29, 1.82) is 0 Å². The molecule has 0 atom stereocenters. The normalized spacial score (nSPS) is 21.6. The fourth-order valence-electron chi connectivity index (χ4n) is 6.33. The second-order valence-corrected chi connectivity index (χ2v) is 9.29. The van der Waals surface area contributed by atoms with Crippen molar-refractivity contribution in [2.24, 2.45) is 0 Å². The van der Waals surface area contributed by atoms with Crippen LogP contribution in [-0.4, -0.2) is 24.3 Å². The highest BCUT2D eigenvalue weighted by atomic mass is 16.5. The summed E-state index contributed by atoms with van der Waals surface area (Å²) in [6, 6.07) is 26.4. The number of esters is 1. The van der Waals surface area contributed by atoms with Crippen molar-refractivity contribution in [3.05, 3.63) is 118 Å². The number of aliphatic hydroxyl groups is 1. The van der Waals surface area contributed by atoms with Gasteiger partial charge in [0, 0.05) is 23.0 Å². The van der Waals surface area contributed by atoms with E-state index in [1.165, 1.54) is 33.4 Å². The lowest BCUT2D eigenvalue weighted by Gasteiger charge is -2.57. The molecule has 0 amide bonds. The fraction of sp³-hybridized carbons (Fsp3) is 0.300. The van der Waals surface area contributed by atoms with Crippen molar-refractivity contribution >= 4 is 5.97 Å². The van der Waals surface area contributed by atoms with Crippen LogP contribution in [0.15, 0.2) is 84.9 Å². The van der Waals surface area contributed by atoms with Crippen LogP contribution < -0.4 is 0 Å². The number of aliphatic hydroxyl groups excluding tert-OH is 1. The number of ether oxygens (including phenoxy) is 1. The zero-order valence-electron chi connectivity index (χ0n) is 19.1. The van der Waals surface area contributed by atoms with Crippen LogP contribution in [0.4, 0.5) is 0 Å². The highest BCUT2D eigenvalue weighted by molar-refractivity contribution is 5.86. The zero-order chi connectivity index (χ0) is 23.1. The summed E-state index contributed by atoms with van der Waals surface area (Å²) in [4.78, 5) is 11.9. The molecule has 6 rings (SSSR count). The van der Waals surface area contributed by atoms with Crippen molar-refractivity contribution < 1.29 is 14.6 Å². The highest BCUT2D eigenvalue weighted by Crippen LogP contribution is 2.64. The molecule has 33 heavy (non-hydrogen) atoms. The molecule has 0 saturated carbocycles. The Kier molecular flexibility index (Phi) is 5.46. The minimum Gasteiger partial charge on any atom is -0.462 e. The van der Waals surface area contributed by atoms with Gasteiger partial charge in [0.25, 0.3) is 0 Å². The monoisotopic (exact) mass is 438 g/mol. The number of hydrogen-bond acceptors (Lipinski definition) is 3. The van der Waals surface area contributed by atoms with Crippen molar-refractivity contribution in [2.75, 3.05) is 13.2 Å². The molecule has 3 aromatic carbocycles. The van der Waals surface area contributed by atoms with Crippen LogP contribution in [0.5, 0.6) is 0 Å². The molecule has 0 heterocycles. The van der Waals surface area contributed by atoms with E-state index >= 15 is 0 Å². The second-order valence-electron chi connectivity index (χ2n) is 9.29. The third-order valence-corrected chi connectivity index (χ3v) is 7.53. The Bertz CT molecular complexity index is 1100. The van der Waals surface area contributed by atoms with Crippen molar-refractivity contribution in [3.8, 4) is 0 Å². The predicted molar refractivity (Wildman–Crippen MR) is 130 cm³/mol. The van der Waals surface area contributed by atoms with E-state index in [4.69, 9.17) is 4.74 Å². The van der Waals surface area contributed by atoms with Gasteiger partial charge in [0.15, 0.2) is 0 Å². The third-order valence-electron chi connectivity index (χ3n) is 7.53. The third kappa shape index (κ3) is 3.02. The molecule has 3 aromatic rings. The maximum atomic E-state index is 11.9. The number of hydrogen-bond donors (Lipinski definition) is 1. The molecule has 3 heteroatoms. The van der Waals surface area contributed by atoms with Crippen LogP contribution in [0, 0.1) is 0 Å². The Hall–Kier alpha value is -3.17. The summed E-state index contributed by atoms with van der Waals surface area (Å²) in [5, 5.41) is 9.79. The Morgan fingerprint density at radius 3 is 1.45 bits per heavy atom. The molecule has 3 nitrogen and oxygen atoms in total. The lowest BCUT2D eigenvalue weighted by atomic mass is 9.45. The Labute approximate surface area is 195 Å². The largest absolute Gasteiger partial charge is 0.462 e. The van der Waals surface area contributed by atoms with Crippen LogP contribution in [0.2, 0.25) is 0 Å². The lowest BCUT2D eigenvalue weighted by Crippen LogP contribution is -2.51. The summed E-state index contributed by atoms with van der Waals surface area (Å²) in [5.41, 5.74) is 7.92. The topological polar surface area (TPSA) is 46.5 Å². The molecule has 2 bridgehead atoms. The van der Waals surface area contributed by atoms with Gasteiger partial charge >= 0.3 is 5.97 Å². The smallest absolute Gasteiger partial charge is 0.333 e. The predicted octanol–water partition coefficient (Wildman–Crippen LogP) is 5.65. The quantitative estimate of drug-likeness (QED) is 0.281. The summed E-state index contributed by atoms with van der Waals surface area (Å²) in [6.45, 7) is 5.91. The minimum absolute atomic E-state index is 0.174. The lowest BCUT2D eigenvalue weighted by molar-refractivity contribution is -0.139. The molecule has 0 aromatic heterocycles. The van der Waals surface area contributed by atoms with Gasteiger partial charge in [-0.1, -0.05) is 79.4 Å². The minimum atomic E-state index is -0.330. The molecular weight excluding hydrogens is 408 g/mol. The van der Waals surface area contributed by atoms with E-state index in [0.717, 1.165) is 25.7 Å². The summed E-state index contributed by atoms with van der Waals surface area (Å²) in [6.07, 6.45) is 3.19. The molecule has 0 saturated heterocycles. The molecule has 0 radical (unpaired) electrons. The van der Waals surface area contributed by atoms with Gasteiger partial charge < -0.3 is 9.84 Å². The summed E-state index contributed by atoms with van der Waals surface area (Å²) in [5.74, 6) is -0.330. The maximum absolute atomic E-state index is 11.9. The van der Waals surface area contributed by atoms with Gasteiger partial charge in [-0.05, 0) is 66.0 Å². The van der Waals surface area contributed by atoms with E-state index in [0.29, 0.717) is 12.2 Å². The van der Waals surface area contributed by atoms with Gasteiger partial charge in [0.2, 0.25) is 0 Å². The van der Waals surface area contributed by atoms with Crippen LogP contribution in [0.1, 0.15) is 66.0 Å². The second kappa shape index (κ2) is 8.31. The number of carbonyl (C=O) groups is 1. The number of benzene rings is 3. The molecule has 0 unspecified atom stereocenters. The van der Waals surface area contributed by atoms with Crippen LogP contribution in [-0.2, 0) is 20.4 Å². The molecular formula is C30H30O3. The SMILES string of the molecule is C=C(C)C(=O)OCCCC12c3ccccc3C(CCCO)(c3ccccc31)c1ccccc12. The molecule has 3 aliphatic carbocycles. The highest BCUT2D eigenvalue weighted by Gasteiger charge is 2.57. The molecule has 0 spiro atoms. The van der Waals surface area contributed by atoms with Crippen LogP contribution in [0.3, 0.4) is 0 Å². The summed E-state index contributed by atoms with van der Waals surface area (Å²) in [7, 11) is 0. The van der Waals surface area contributed by atoms with E-state index in [1.54, 1.807) is 6.92 Å². The summed E-state index contributed by atoms with van der Waals surface area (Å²) < 4.78 is 5.47. The van der Waals surface area contributed by atoms with Crippen molar-refractivity contribution in [3.63, 3.8) is 0 Å². The Balaban J connectivity index is 1.70. The van der Waals surface area contributed by atoms with E-state index in [-0.39, 0.29) is 23.4 Å². The molecule has 3 aliphatic rings. The average molecular weight is 439 g/mol. The first kappa shape index (κ1) is 21.7. The van der Waals surface area contributed by atoms with Crippen molar-refractivity contribution in [1.82, 2.24) is 0 Å². The molecule has 168 valence electrons. The standard InChI is InChI=1S/C30H30O3/c1-21(2)28(32)33-20-10-18-30-25-14-6-3-11-22(25)29(17-9-19-31,23-12-4-7-15-26(23)30)24-13-5-8-16-27(24)30/h3-8,11-16,31H,1,9-10,17-20H2,2H3. The van der Waals surface area contributed by atoms with Crippen LogP contribution in [0.25, 0.3) is 0 Å². The molecule has 1 N–H and O–H groups in total. The van der Waals surface area contributed by atoms with Gasteiger partial charge in [-0.15, -0.1) is 0 Å². The Morgan fingerprint density at radius 2 is 1.12 bits per heavy atom. The molecule has 0 aliphatic heterocycles. The first-order chi connectivity index (χ1) is 16.1. The fourth-order valence-corrected chi connectivity index (χ4v) is 6.33. The van der Waals surface area contributed by atoms with Gasteiger partial charge in [-0.3, -0.25) is 0 Å². The van der Waals surface area contributed by atoms with Gasteiger partial charge in [0.1, 0.15) is 0 Å². The molecule has 0 fully saturated rings. The average Bonchev–Trinajstić information content (AvgIpc) is 2.86.